The van der Waals surface area contributed by atoms with Crippen LogP contribution in [0.15, 0.2) is 58.1 Å². The molecule has 8 heteroatoms. The van der Waals surface area contributed by atoms with Crippen LogP contribution in [-0.2, 0) is 9.63 Å². The third-order valence-corrected chi connectivity index (χ3v) is 3.54. The number of hydrogen-bond donors (Lipinski definition) is 1. The topological polar surface area (TPSA) is 90.1 Å². The van der Waals surface area contributed by atoms with Gasteiger partial charge in [-0.25, -0.2) is 9.18 Å². The summed E-state index contributed by atoms with van der Waals surface area (Å²) in [6.07, 6.45) is 0. The number of para-hydroxylation sites is 1. The number of ether oxygens (including phenoxy) is 1. The van der Waals surface area contributed by atoms with Gasteiger partial charge in [-0.05, 0) is 35.5 Å². The van der Waals surface area contributed by atoms with Crippen LogP contribution in [-0.4, -0.2) is 19.0 Å². The Labute approximate surface area is 153 Å². The minimum Gasteiger partial charge on any atom is -0.493 e. The van der Waals surface area contributed by atoms with Crippen molar-refractivity contribution in [2.24, 2.45) is 5.16 Å². The molecule has 138 valence electrons. The molecule has 0 radical (unpaired) electrons. The van der Waals surface area contributed by atoms with Crippen molar-refractivity contribution >= 4 is 28.5 Å². The molecule has 0 spiro atoms. The maximum atomic E-state index is 13.3. The predicted molar refractivity (Wildman–Crippen MR) is 94.4 cm³/mol. The summed E-state index contributed by atoms with van der Waals surface area (Å²) in [5, 5.41) is 6.72. The molecule has 1 amide bonds. The van der Waals surface area contributed by atoms with E-state index < -0.39 is 17.7 Å². The number of carbonyl (C=O) groups is 2. The van der Waals surface area contributed by atoms with E-state index in [0.29, 0.717) is 16.7 Å². The molecule has 0 atom stereocenters. The van der Waals surface area contributed by atoms with E-state index in [-0.39, 0.29) is 16.8 Å². The normalized spacial score (nSPS) is 11.3. The van der Waals surface area contributed by atoms with Gasteiger partial charge in [0.05, 0.1) is 7.11 Å². The number of carbonyl (C=O) groups excluding carboxylic acids is 2. The molecule has 0 aliphatic rings. The molecule has 0 aliphatic heterocycles. The van der Waals surface area contributed by atoms with Crippen LogP contribution in [0.2, 0.25) is 0 Å². The first-order valence-corrected chi connectivity index (χ1v) is 7.87. The van der Waals surface area contributed by atoms with Crippen LogP contribution < -0.4 is 15.6 Å². The number of anilines is 1. The summed E-state index contributed by atoms with van der Waals surface area (Å²) in [5.74, 6) is -1.36. The van der Waals surface area contributed by atoms with E-state index in [1.807, 2.05) is 0 Å². The lowest BCUT2D eigenvalue weighted by Crippen LogP contribution is -2.22. The monoisotopic (exact) mass is 370 g/mol. The summed E-state index contributed by atoms with van der Waals surface area (Å²) in [5.41, 5.74) is 0.356. The van der Waals surface area contributed by atoms with Crippen molar-refractivity contribution in [1.82, 2.24) is 0 Å². The number of nitrogens with zero attached hydrogens (tertiary/aromatic N) is 1. The highest BCUT2D eigenvalue weighted by Gasteiger charge is 2.16. The van der Waals surface area contributed by atoms with Crippen molar-refractivity contribution in [3.05, 3.63) is 65.5 Å². The maximum absolute atomic E-state index is 13.3. The first-order chi connectivity index (χ1) is 13.0. The van der Waals surface area contributed by atoms with Crippen LogP contribution in [0.4, 0.5) is 10.1 Å². The SMILES string of the molecule is COc1cccc2cc(C(=O)Nc3cccc(F)c3)c(=NOC(C)=O)oc12. The molecule has 0 aliphatic carbocycles. The Kier molecular flexibility index (Phi) is 5.16. The van der Waals surface area contributed by atoms with Crippen molar-refractivity contribution in [2.45, 2.75) is 6.92 Å². The number of rotatable bonds is 4. The van der Waals surface area contributed by atoms with Gasteiger partial charge in [-0.15, -0.1) is 0 Å². The summed E-state index contributed by atoms with van der Waals surface area (Å²) in [6, 6.07) is 12.1. The summed E-state index contributed by atoms with van der Waals surface area (Å²) in [7, 11) is 1.47. The molecule has 0 unspecified atom stereocenters. The molecule has 3 aromatic rings. The molecule has 0 fully saturated rings. The smallest absolute Gasteiger partial charge is 0.332 e. The Hall–Kier alpha value is -3.68. The zero-order chi connectivity index (χ0) is 19.4. The molecule has 3 rings (SSSR count). The Bertz CT molecular complexity index is 1090. The molecule has 7 nitrogen and oxygen atoms in total. The van der Waals surface area contributed by atoms with Gasteiger partial charge in [-0.2, -0.15) is 0 Å². The average molecular weight is 370 g/mol. The molecular formula is C19H15FN2O5. The highest BCUT2D eigenvalue weighted by molar-refractivity contribution is 6.05. The quantitative estimate of drug-likeness (QED) is 0.563. The highest BCUT2D eigenvalue weighted by atomic mass is 19.1. The van der Waals surface area contributed by atoms with Crippen LogP contribution in [0.1, 0.15) is 17.3 Å². The lowest BCUT2D eigenvalue weighted by atomic mass is 10.1. The number of benzene rings is 2. The van der Waals surface area contributed by atoms with Gasteiger partial charge in [0.2, 0.25) is 0 Å². The van der Waals surface area contributed by atoms with Gasteiger partial charge in [0.25, 0.3) is 11.5 Å². The third kappa shape index (κ3) is 4.12. The van der Waals surface area contributed by atoms with Gasteiger partial charge < -0.3 is 19.3 Å². The second kappa shape index (κ2) is 7.69. The van der Waals surface area contributed by atoms with Crippen LogP contribution in [0, 0.1) is 5.82 Å². The largest absolute Gasteiger partial charge is 0.493 e. The third-order valence-electron chi connectivity index (χ3n) is 3.54. The Morgan fingerprint density at radius 1 is 1.15 bits per heavy atom. The summed E-state index contributed by atoms with van der Waals surface area (Å²) in [4.78, 5) is 28.4. The van der Waals surface area contributed by atoms with E-state index >= 15 is 0 Å². The first-order valence-electron chi connectivity index (χ1n) is 7.87. The second-order valence-electron chi connectivity index (χ2n) is 5.48. The van der Waals surface area contributed by atoms with E-state index in [0.717, 1.165) is 6.92 Å². The van der Waals surface area contributed by atoms with E-state index in [4.69, 9.17) is 9.15 Å². The maximum Gasteiger partial charge on any atom is 0.332 e. The minimum atomic E-state index is -0.679. The lowest BCUT2D eigenvalue weighted by molar-refractivity contribution is -0.141. The van der Waals surface area contributed by atoms with Crippen molar-refractivity contribution in [3.63, 3.8) is 0 Å². The van der Waals surface area contributed by atoms with Crippen LogP contribution in [0.25, 0.3) is 11.0 Å². The lowest BCUT2D eigenvalue weighted by Gasteiger charge is -2.08. The Morgan fingerprint density at radius 3 is 2.63 bits per heavy atom. The zero-order valence-corrected chi connectivity index (χ0v) is 14.5. The summed E-state index contributed by atoms with van der Waals surface area (Å²) >= 11 is 0. The number of hydrogen-bond acceptors (Lipinski definition) is 6. The molecule has 0 saturated heterocycles. The first kappa shape index (κ1) is 18.1. The molecule has 0 saturated carbocycles. The van der Waals surface area contributed by atoms with Crippen LogP contribution >= 0.6 is 0 Å². The fraction of sp³-hybridized carbons (Fsp3) is 0.105. The molecular weight excluding hydrogens is 355 g/mol. The number of nitrogens with one attached hydrogen (secondary N) is 1. The van der Waals surface area contributed by atoms with Crippen LogP contribution in [0.3, 0.4) is 0 Å². The van der Waals surface area contributed by atoms with Crippen LogP contribution in [0.5, 0.6) is 5.75 Å². The number of fused-ring (bicyclic) bond motifs is 1. The van der Waals surface area contributed by atoms with E-state index in [2.05, 4.69) is 15.3 Å². The van der Waals surface area contributed by atoms with Crippen molar-refractivity contribution in [3.8, 4) is 5.75 Å². The van der Waals surface area contributed by atoms with Crippen molar-refractivity contribution in [2.75, 3.05) is 12.4 Å². The summed E-state index contributed by atoms with van der Waals surface area (Å²) < 4.78 is 24.2. The van der Waals surface area contributed by atoms with Gasteiger partial charge in [0.15, 0.2) is 11.3 Å². The van der Waals surface area contributed by atoms with Gasteiger partial charge in [0, 0.05) is 18.0 Å². The predicted octanol–water partition coefficient (Wildman–Crippen LogP) is 3.21. The second-order valence-corrected chi connectivity index (χ2v) is 5.48. The van der Waals surface area contributed by atoms with Crippen molar-refractivity contribution < 1.29 is 28.0 Å². The fourth-order valence-electron chi connectivity index (χ4n) is 2.39. The summed E-state index contributed by atoms with van der Waals surface area (Å²) in [6.45, 7) is 1.16. The van der Waals surface area contributed by atoms with Gasteiger partial charge in [0.1, 0.15) is 11.4 Å². The van der Waals surface area contributed by atoms with Gasteiger partial charge in [-0.3, -0.25) is 4.79 Å². The van der Waals surface area contributed by atoms with E-state index in [1.54, 1.807) is 18.2 Å². The molecule has 2 aromatic carbocycles. The Balaban J connectivity index is 2.11. The number of methoxy groups -OCH3 is 1. The van der Waals surface area contributed by atoms with E-state index in [9.17, 15) is 14.0 Å². The molecule has 1 aromatic heterocycles. The zero-order valence-electron chi connectivity index (χ0n) is 14.5. The standard InChI is InChI=1S/C19H15FN2O5/c1-11(23)27-22-19-15(18(24)21-14-7-4-6-13(20)10-14)9-12-5-3-8-16(25-2)17(12)26-19/h3-10H,1-2H3,(H,21,24). The molecule has 0 bridgehead atoms. The molecule has 1 heterocycles. The average Bonchev–Trinajstić information content (AvgIpc) is 2.65. The van der Waals surface area contributed by atoms with Crippen molar-refractivity contribution in [1.29, 1.82) is 0 Å². The Morgan fingerprint density at radius 2 is 1.93 bits per heavy atom. The minimum absolute atomic E-state index is 0.00117. The number of halogens is 1. The van der Waals surface area contributed by atoms with Gasteiger partial charge >= 0.3 is 5.97 Å². The molecule has 27 heavy (non-hydrogen) atoms. The highest BCUT2D eigenvalue weighted by Crippen LogP contribution is 2.24. The van der Waals surface area contributed by atoms with Gasteiger partial charge in [-0.1, -0.05) is 18.2 Å². The molecule has 1 N–H and O–H groups in total. The van der Waals surface area contributed by atoms with E-state index in [1.165, 1.54) is 37.4 Å². The number of amides is 1. The fourth-order valence-corrected chi connectivity index (χ4v) is 2.39.